The summed E-state index contributed by atoms with van der Waals surface area (Å²) < 4.78 is 4.81. The molecule has 122 valence electrons. The molecular formula is C16H16N6O2. The van der Waals surface area contributed by atoms with Crippen LogP contribution >= 0.6 is 0 Å². The van der Waals surface area contributed by atoms with Crippen LogP contribution in [0, 0.1) is 0 Å². The van der Waals surface area contributed by atoms with Crippen molar-refractivity contribution in [2.45, 2.75) is 6.92 Å². The number of carbonyl (C=O) groups is 1. The highest BCUT2D eigenvalue weighted by molar-refractivity contribution is 5.92. The summed E-state index contributed by atoms with van der Waals surface area (Å²) in [5.41, 5.74) is 14.4. The van der Waals surface area contributed by atoms with Crippen LogP contribution in [0.4, 0.5) is 22.1 Å². The Morgan fingerprint density at radius 3 is 2.62 bits per heavy atom. The molecule has 0 saturated heterocycles. The van der Waals surface area contributed by atoms with Crippen molar-refractivity contribution in [2.75, 3.05) is 23.4 Å². The van der Waals surface area contributed by atoms with Crippen molar-refractivity contribution in [2.24, 2.45) is 0 Å². The molecule has 24 heavy (non-hydrogen) atoms. The molecule has 0 aliphatic carbocycles. The van der Waals surface area contributed by atoms with Crippen molar-refractivity contribution in [1.29, 1.82) is 0 Å². The van der Waals surface area contributed by atoms with Gasteiger partial charge < -0.3 is 16.2 Å². The third-order valence-corrected chi connectivity index (χ3v) is 3.25. The second-order valence-electron chi connectivity index (χ2n) is 4.94. The molecule has 0 bridgehead atoms. The fourth-order valence-corrected chi connectivity index (χ4v) is 2.22. The number of benzene rings is 1. The van der Waals surface area contributed by atoms with E-state index < -0.39 is 6.09 Å². The Morgan fingerprint density at radius 2 is 1.92 bits per heavy atom. The van der Waals surface area contributed by atoms with E-state index in [1.807, 2.05) is 30.3 Å². The predicted octanol–water partition coefficient (Wildman–Crippen LogP) is 2.42. The number of nitrogens with one attached hydrogen (secondary N) is 1. The Bertz CT molecular complexity index is 898. The highest BCUT2D eigenvalue weighted by atomic mass is 16.5. The fraction of sp³-hybridized carbons (Fsp3) is 0.125. The van der Waals surface area contributed by atoms with Gasteiger partial charge >= 0.3 is 6.09 Å². The lowest BCUT2D eigenvalue weighted by Crippen LogP contribution is -2.15. The normalized spacial score (nSPS) is 10.5. The number of rotatable bonds is 3. The van der Waals surface area contributed by atoms with Crippen molar-refractivity contribution >= 4 is 34.6 Å². The zero-order valence-electron chi connectivity index (χ0n) is 13.0. The number of carbonyl (C=O) groups excluding carboxylic acids is 1. The smallest absolute Gasteiger partial charge is 0.412 e. The van der Waals surface area contributed by atoms with Crippen LogP contribution < -0.4 is 16.8 Å². The molecule has 5 N–H and O–H groups in total. The van der Waals surface area contributed by atoms with E-state index in [1.165, 1.54) is 6.07 Å². The number of hydrogen-bond donors (Lipinski definition) is 3. The molecule has 8 heteroatoms. The van der Waals surface area contributed by atoms with Crippen molar-refractivity contribution in [3.05, 3.63) is 36.4 Å². The summed E-state index contributed by atoms with van der Waals surface area (Å²) in [5, 5.41) is 2.48. The minimum absolute atomic E-state index is 0.222. The number of amides is 1. The Kier molecular flexibility index (Phi) is 4.11. The topological polar surface area (TPSA) is 129 Å². The first kappa shape index (κ1) is 15.5. The monoisotopic (exact) mass is 324 g/mol. The van der Waals surface area contributed by atoms with Gasteiger partial charge in [0.05, 0.1) is 12.3 Å². The molecule has 2 aromatic heterocycles. The van der Waals surface area contributed by atoms with E-state index in [-0.39, 0.29) is 23.9 Å². The van der Waals surface area contributed by atoms with Crippen LogP contribution in [0.3, 0.4) is 0 Å². The average molecular weight is 324 g/mol. The lowest BCUT2D eigenvalue weighted by Gasteiger charge is -2.10. The van der Waals surface area contributed by atoms with Gasteiger partial charge in [-0.25, -0.2) is 19.7 Å². The van der Waals surface area contributed by atoms with Gasteiger partial charge in [-0.05, 0) is 6.92 Å². The number of ether oxygens (including phenoxy) is 1. The van der Waals surface area contributed by atoms with Gasteiger partial charge in [0, 0.05) is 11.6 Å². The van der Waals surface area contributed by atoms with E-state index in [4.69, 9.17) is 16.2 Å². The quantitative estimate of drug-likeness (QED) is 0.674. The Hall–Kier alpha value is -3.42. The number of nitrogen functional groups attached to an aromatic ring is 2. The summed E-state index contributed by atoms with van der Waals surface area (Å²) in [4.78, 5) is 24.4. The van der Waals surface area contributed by atoms with Gasteiger partial charge in [-0.2, -0.15) is 0 Å². The summed E-state index contributed by atoms with van der Waals surface area (Å²) in [6.45, 7) is 1.96. The molecular weight excluding hydrogens is 308 g/mol. The molecule has 0 fully saturated rings. The minimum atomic E-state index is -0.620. The van der Waals surface area contributed by atoms with Gasteiger partial charge in [0.15, 0.2) is 11.5 Å². The number of hydrogen-bond acceptors (Lipinski definition) is 7. The summed E-state index contributed by atoms with van der Waals surface area (Å²) in [7, 11) is 0. The summed E-state index contributed by atoms with van der Waals surface area (Å²) in [6, 6.07) is 10.9. The van der Waals surface area contributed by atoms with Crippen LogP contribution in [0.25, 0.3) is 22.4 Å². The summed E-state index contributed by atoms with van der Waals surface area (Å²) in [6.07, 6.45) is -0.620. The maximum atomic E-state index is 11.5. The predicted molar refractivity (Wildman–Crippen MR) is 92.2 cm³/mol. The van der Waals surface area contributed by atoms with Gasteiger partial charge in [0.25, 0.3) is 0 Å². The highest BCUT2D eigenvalue weighted by Crippen LogP contribution is 2.27. The van der Waals surface area contributed by atoms with E-state index >= 15 is 0 Å². The van der Waals surface area contributed by atoms with Crippen molar-refractivity contribution in [3.8, 4) is 11.3 Å². The first-order valence-corrected chi connectivity index (χ1v) is 7.31. The van der Waals surface area contributed by atoms with E-state index in [9.17, 15) is 4.79 Å². The lowest BCUT2D eigenvalue weighted by molar-refractivity contribution is 0.168. The largest absolute Gasteiger partial charge is 0.450 e. The van der Waals surface area contributed by atoms with Gasteiger partial charge in [0.1, 0.15) is 17.0 Å². The molecule has 0 spiro atoms. The Balaban J connectivity index is 2.05. The maximum absolute atomic E-state index is 11.5. The Labute approximate surface area is 137 Å². The molecule has 8 nitrogen and oxygen atoms in total. The molecule has 3 rings (SSSR count). The number of fused-ring (bicyclic) bond motifs is 1. The first-order valence-electron chi connectivity index (χ1n) is 7.31. The van der Waals surface area contributed by atoms with Crippen LogP contribution in [0.1, 0.15) is 6.92 Å². The standard InChI is InChI=1S/C16H16N6O2/c1-2-24-16(23)20-11-8-10(17)13-15(19-11)22-14(18)12(21-13)9-6-4-3-5-7-9/h3-8H,2H2,1H3,(H5,17,18,19,20,22,23). The van der Waals surface area contributed by atoms with E-state index in [0.29, 0.717) is 16.9 Å². The Morgan fingerprint density at radius 1 is 1.17 bits per heavy atom. The number of anilines is 3. The number of pyridine rings is 1. The average Bonchev–Trinajstić information content (AvgIpc) is 2.55. The molecule has 0 atom stereocenters. The van der Waals surface area contributed by atoms with Gasteiger partial charge in [0.2, 0.25) is 0 Å². The van der Waals surface area contributed by atoms with Crippen LogP contribution in [0.15, 0.2) is 36.4 Å². The van der Waals surface area contributed by atoms with E-state index in [2.05, 4.69) is 20.3 Å². The van der Waals surface area contributed by atoms with Crippen LogP contribution in [-0.4, -0.2) is 27.7 Å². The number of nitrogens with zero attached hydrogens (tertiary/aromatic N) is 3. The van der Waals surface area contributed by atoms with Crippen molar-refractivity contribution in [1.82, 2.24) is 15.0 Å². The van der Waals surface area contributed by atoms with Crippen LogP contribution in [0.5, 0.6) is 0 Å². The highest BCUT2D eigenvalue weighted by Gasteiger charge is 2.13. The number of aromatic nitrogens is 3. The molecule has 0 aliphatic heterocycles. The molecule has 0 unspecified atom stereocenters. The minimum Gasteiger partial charge on any atom is -0.450 e. The van der Waals surface area contributed by atoms with E-state index in [1.54, 1.807) is 6.92 Å². The van der Waals surface area contributed by atoms with Crippen LogP contribution in [-0.2, 0) is 4.74 Å². The first-order chi connectivity index (χ1) is 11.6. The zero-order chi connectivity index (χ0) is 17.1. The number of nitrogens with two attached hydrogens (primary N) is 2. The van der Waals surface area contributed by atoms with E-state index in [0.717, 1.165) is 5.56 Å². The molecule has 1 aromatic carbocycles. The third kappa shape index (κ3) is 3.02. The van der Waals surface area contributed by atoms with Gasteiger partial charge in [-0.15, -0.1) is 0 Å². The molecule has 2 heterocycles. The SMILES string of the molecule is CCOC(=O)Nc1cc(N)c2nc(-c3ccccc3)c(N)nc2n1. The van der Waals surface area contributed by atoms with Gasteiger partial charge in [-0.1, -0.05) is 30.3 Å². The second-order valence-corrected chi connectivity index (χ2v) is 4.94. The zero-order valence-corrected chi connectivity index (χ0v) is 13.0. The molecule has 3 aromatic rings. The van der Waals surface area contributed by atoms with Crippen molar-refractivity contribution < 1.29 is 9.53 Å². The second kappa shape index (κ2) is 6.37. The van der Waals surface area contributed by atoms with Gasteiger partial charge in [-0.3, -0.25) is 5.32 Å². The fourth-order valence-electron chi connectivity index (χ4n) is 2.22. The molecule has 0 aliphatic rings. The molecule has 0 radical (unpaired) electrons. The van der Waals surface area contributed by atoms with Crippen LogP contribution in [0.2, 0.25) is 0 Å². The summed E-state index contributed by atoms with van der Waals surface area (Å²) in [5.74, 6) is 0.452. The molecule has 1 amide bonds. The molecule has 0 saturated carbocycles. The third-order valence-electron chi connectivity index (χ3n) is 3.25. The van der Waals surface area contributed by atoms with Crippen molar-refractivity contribution in [3.63, 3.8) is 0 Å². The maximum Gasteiger partial charge on any atom is 0.412 e. The summed E-state index contributed by atoms with van der Waals surface area (Å²) >= 11 is 0. The lowest BCUT2D eigenvalue weighted by atomic mass is 10.1.